The highest BCUT2D eigenvalue weighted by Crippen LogP contribution is 2.17. The highest BCUT2D eigenvalue weighted by molar-refractivity contribution is 5.91. The molecule has 6 heteroatoms. The standard InChI is InChI=1S/C25H26N2O4/c1-17(28)26-22(15-18-8-4-3-5-9-18)24(29)27-23(25(30)31-2)16-19-12-13-20-10-6-7-11-21(20)14-19/h3-14,22-23H,15-16H2,1-2H3,(H,26,28)(H,27,29)/t22-,23-/m0/s1. The second kappa shape index (κ2) is 10.4. The van der Waals surface area contributed by atoms with E-state index in [1.54, 1.807) is 0 Å². The second-order valence-electron chi connectivity index (χ2n) is 7.41. The Morgan fingerprint density at radius 3 is 2.10 bits per heavy atom. The number of hydrogen-bond acceptors (Lipinski definition) is 4. The molecule has 0 bridgehead atoms. The third kappa shape index (κ3) is 6.15. The van der Waals surface area contributed by atoms with Crippen LogP contribution in [0.2, 0.25) is 0 Å². The van der Waals surface area contributed by atoms with Gasteiger partial charge in [0.25, 0.3) is 0 Å². The molecule has 0 fully saturated rings. The molecule has 3 aromatic carbocycles. The van der Waals surface area contributed by atoms with E-state index >= 15 is 0 Å². The molecule has 2 amide bonds. The lowest BCUT2D eigenvalue weighted by molar-refractivity contribution is -0.145. The third-order valence-electron chi connectivity index (χ3n) is 5.03. The summed E-state index contributed by atoms with van der Waals surface area (Å²) in [6.45, 7) is 1.36. The number of esters is 1. The summed E-state index contributed by atoms with van der Waals surface area (Å²) in [5.41, 5.74) is 1.80. The molecule has 0 saturated carbocycles. The van der Waals surface area contributed by atoms with Gasteiger partial charge in [0.1, 0.15) is 12.1 Å². The van der Waals surface area contributed by atoms with Gasteiger partial charge >= 0.3 is 5.97 Å². The normalized spacial score (nSPS) is 12.6. The number of rotatable bonds is 8. The summed E-state index contributed by atoms with van der Waals surface area (Å²) in [6, 6.07) is 21.6. The summed E-state index contributed by atoms with van der Waals surface area (Å²) in [5.74, 6) is -1.29. The third-order valence-corrected chi connectivity index (χ3v) is 5.03. The molecule has 0 aromatic heterocycles. The summed E-state index contributed by atoms with van der Waals surface area (Å²) in [4.78, 5) is 37.0. The molecule has 3 rings (SSSR count). The maximum Gasteiger partial charge on any atom is 0.328 e. The van der Waals surface area contributed by atoms with Crippen LogP contribution in [0.25, 0.3) is 10.8 Å². The van der Waals surface area contributed by atoms with Crippen LogP contribution in [0.3, 0.4) is 0 Å². The van der Waals surface area contributed by atoms with E-state index in [0.717, 1.165) is 21.9 Å². The zero-order valence-corrected chi connectivity index (χ0v) is 17.6. The number of carbonyl (C=O) groups excluding carboxylic acids is 3. The van der Waals surface area contributed by atoms with Gasteiger partial charge in [-0.2, -0.15) is 0 Å². The highest BCUT2D eigenvalue weighted by Gasteiger charge is 2.27. The Kier molecular flexibility index (Phi) is 7.38. The molecular formula is C25H26N2O4. The van der Waals surface area contributed by atoms with Crippen molar-refractivity contribution in [2.75, 3.05) is 7.11 Å². The first-order chi connectivity index (χ1) is 15.0. The Balaban J connectivity index is 1.77. The SMILES string of the molecule is COC(=O)[C@H](Cc1ccc2ccccc2c1)NC(=O)[C@H](Cc1ccccc1)NC(C)=O. The zero-order chi connectivity index (χ0) is 22.2. The fourth-order valence-corrected chi connectivity index (χ4v) is 3.51. The van der Waals surface area contributed by atoms with E-state index in [4.69, 9.17) is 4.74 Å². The molecule has 0 heterocycles. The van der Waals surface area contributed by atoms with Crippen LogP contribution in [0.4, 0.5) is 0 Å². The van der Waals surface area contributed by atoms with Crippen molar-refractivity contribution < 1.29 is 19.1 Å². The number of nitrogens with one attached hydrogen (secondary N) is 2. The quantitative estimate of drug-likeness (QED) is 0.551. The highest BCUT2D eigenvalue weighted by atomic mass is 16.5. The minimum atomic E-state index is -0.870. The van der Waals surface area contributed by atoms with Gasteiger partial charge in [-0.15, -0.1) is 0 Å². The van der Waals surface area contributed by atoms with E-state index in [1.807, 2.05) is 72.8 Å². The lowest BCUT2D eigenvalue weighted by Crippen LogP contribution is -2.53. The van der Waals surface area contributed by atoms with Crippen molar-refractivity contribution in [3.63, 3.8) is 0 Å². The lowest BCUT2D eigenvalue weighted by atomic mass is 10.0. The van der Waals surface area contributed by atoms with Crippen molar-refractivity contribution in [3.8, 4) is 0 Å². The van der Waals surface area contributed by atoms with Crippen LogP contribution in [0, 0.1) is 0 Å². The summed E-state index contributed by atoms with van der Waals surface area (Å²) in [6.07, 6.45) is 0.595. The molecule has 2 N–H and O–H groups in total. The Morgan fingerprint density at radius 1 is 0.774 bits per heavy atom. The minimum Gasteiger partial charge on any atom is -0.467 e. The van der Waals surface area contributed by atoms with Crippen molar-refractivity contribution >= 4 is 28.6 Å². The van der Waals surface area contributed by atoms with Crippen molar-refractivity contribution in [2.45, 2.75) is 31.8 Å². The van der Waals surface area contributed by atoms with Gasteiger partial charge in [-0.05, 0) is 21.9 Å². The van der Waals surface area contributed by atoms with E-state index in [-0.39, 0.29) is 12.3 Å². The fraction of sp³-hybridized carbons (Fsp3) is 0.240. The van der Waals surface area contributed by atoms with Crippen LogP contribution >= 0.6 is 0 Å². The average molecular weight is 418 g/mol. The van der Waals surface area contributed by atoms with Crippen LogP contribution in [-0.4, -0.2) is 37.0 Å². The zero-order valence-electron chi connectivity index (χ0n) is 17.6. The van der Waals surface area contributed by atoms with Gasteiger partial charge in [-0.3, -0.25) is 9.59 Å². The van der Waals surface area contributed by atoms with Crippen LogP contribution in [0.5, 0.6) is 0 Å². The predicted molar refractivity (Wildman–Crippen MR) is 119 cm³/mol. The van der Waals surface area contributed by atoms with Crippen molar-refractivity contribution in [3.05, 3.63) is 83.9 Å². The molecule has 0 radical (unpaired) electrons. The number of fused-ring (bicyclic) bond motifs is 1. The van der Waals surface area contributed by atoms with E-state index < -0.39 is 24.0 Å². The number of hydrogen-bond donors (Lipinski definition) is 2. The lowest BCUT2D eigenvalue weighted by Gasteiger charge is -2.22. The summed E-state index contributed by atoms with van der Waals surface area (Å²) >= 11 is 0. The van der Waals surface area contributed by atoms with E-state index in [0.29, 0.717) is 6.42 Å². The van der Waals surface area contributed by atoms with Gasteiger partial charge in [-0.25, -0.2) is 4.79 Å². The molecule has 0 aliphatic rings. The maximum atomic E-state index is 13.0. The molecule has 0 unspecified atom stereocenters. The number of methoxy groups -OCH3 is 1. The molecule has 0 saturated heterocycles. The molecule has 0 aliphatic heterocycles. The Labute approximate surface area is 181 Å². The van der Waals surface area contributed by atoms with Gasteiger partial charge in [0.2, 0.25) is 11.8 Å². The van der Waals surface area contributed by atoms with E-state index in [2.05, 4.69) is 10.6 Å². The van der Waals surface area contributed by atoms with Gasteiger partial charge < -0.3 is 15.4 Å². The van der Waals surface area contributed by atoms with Gasteiger partial charge in [-0.1, -0.05) is 72.8 Å². The molecule has 0 spiro atoms. The Morgan fingerprint density at radius 2 is 1.42 bits per heavy atom. The summed E-state index contributed by atoms with van der Waals surface area (Å²) < 4.78 is 4.91. The van der Waals surface area contributed by atoms with E-state index in [9.17, 15) is 14.4 Å². The van der Waals surface area contributed by atoms with Crippen molar-refractivity contribution in [1.29, 1.82) is 0 Å². The first-order valence-electron chi connectivity index (χ1n) is 10.1. The molecule has 160 valence electrons. The van der Waals surface area contributed by atoms with Gasteiger partial charge in [0, 0.05) is 19.8 Å². The van der Waals surface area contributed by atoms with Gasteiger partial charge in [0.05, 0.1) is 7.11 Å². The monoisotopic (exact) mass is 418 g/mol. The fourth-order valence-electron chi connectivity index (χ4n) is 3.51. The number of carbonyl (C=O) groups is 3. The Bertz CT molecular complexity index is 1070. The molecule has 31 heavy (non-hydrogen) atoms. The van der Waals surface area contributed by atoms with Crippen LogP contribution in [0.1, 0.15) is 18.1 Å². The largest absolute Gasteiger partial charge is 0.467 e. The smallest absolute Gasteiger partial charge is 0.328 e. The van der Waals surface area contributed by atoms with Crippen LogP contribution in [-0.2, 0) is 32.0 Å². The first kappa shape index (κ1) is 22.0. The topological polar surface area (TPSA) is 84.5 Å². The van der Waals surface area contributed by atoms with E-state index in [1.165, 1.54) is 14.0 Å². The molecular weight excluding hydrogens is 392 g/mol. The minimum absolute atomic E-state index is 0.279. The second-order valence-corrected chi connectivity index (χ2v) is 7.41. The van der Waals surface area contributed by atoms with Crippen LogP contribution < -0.4 is 10.6 Å². The molecule has 6 nitrogen and oxygen atoms in total. The molecule has 2 atom stereocenters. The Hall–Kier alpha value is -3.67. The maximum absolute atomic E-state index is 13.0. The number of benzene rings is 3. The van der Waals surface area contributed by atoms with Crippen molar-refractivity contribution in [1.82, 2.24) is 10.6 Å². The average Bonchev–Trinajstić information content (AvgIpc) is 2.78. The number of ether oxygens (including phenoxy) is 1. The molecule has 3 aromatic rings. The summed E-state index contributed by atoms with van der Waals surface area (Å²) in [7, 11) is 1.29. The van der Waals surface area contributed by atoms with Crippen LogP contribution in [0.15, 0.2) is 72.8 Å². The molecule has 0 aliphatic carbocycles. The number of amides is 2. The van der Waals surface area contributed by atoms with Crippen molar-refractivity contribution in [2.24, 2.45) is 0 Å². The van der Waals surface area contributed by atoms with Gasteiger partial charge in [0.15, 0.2) is 0 Å². The predicted octanol–water partition coefficient (Wildman–Crippen LogP) is 2.79. The summed E-state index contributed by atoms with van der Waals surface area (Å²) in [5, 5.41) is 7.58. The first-order valence-corrected chi connectivity index (χ1v) is 10.1.